The fourth-order valence-electron chi connectivity index (χ4n) is 1.41. The summed E-state index contributed by atoms with van der Waals surface area (Å²) in [4.78, 5) is 4.26. The molecule has 3 heteroatoms. The number of hydrogen-bond donors (Lipinski definition) is 1. The van der Waals surface area contributed by atoms with E-state index in [0.717, 1.165) is 17.8 Å². The molecule has 1 N–H and O–H groups in total. The molecule has 0 aliphatic heterocycles. The molecule has 0 fully saturated rings. The van der Waals surface area contributed by atoms with Crippen molar-refractivity contribution in [1.82, 2.24) is 4.98 Å². The Morgan fingerprint density at radius 1 is 1.11 bits per heavy atom. The molecular formula is C16H21N3. The van der Waals surface area contributed by atoms with Gasteiger partial charge in [-0.05, 0) is 23.6 Å². The Morgan fingerprint density at radius 2 is 1.84 bits per heavy atom. The molecular weight excluding hydrogens is 234 g/mol. The van der Waals surface area contributed by atoms with Crippen molar-refractivity contribution >= 4 is 12.0 Å². The molecule has 1 aromatic heterocycles. The van der Waals surface area contributed by atoms with Crippen LogP contribution in [0.1, 0.15) is 31.9 Å². The molecule has 100 valence electrons. The predicted molar refractivity (Wildman–Crippen MR) is 82.6 cm³/mol. The highest BCUT2D eigenvalue weighted by atomic mass is 15.3. The van der Waals surface area contributed by atoms with Crippen LogP contribution < -0.4 is 5.43 Å². The highest BCUT2D eigenvalue weighted by molar-refractivity contribution is 5.79. The first kappa shape index (κ1) is 14.9. The summed E-state index contributed by atoms with van der Waals surface area (Å²) in [6.07, 6.45) is 4.64. The Balaban J connectivity index is 0.000000861. The van der Waals surface area contributed by atoms with Gasteiger partial charge in [0.2, 0.25) is 0 Å². The molecule has 0 aliphatic rings. The lowest BCUT2D eigenvalue weighted by atomic mass is 10.2. The van der Waals surface area contributed by atoms with Gasteiger partial charge in [-0.3, -0.25) is 5.43 Å². The summed E-state index contributed by atoms with van der Waals surface area (Å²) in [6, 6.07) is 13.9. The van der Waals surface area contributed by atoms with Gasteiger partial charge in [-0.2, -0.15) is 5.10 Å². The van der Waals surface area contributed by atoms with Gasteiger partial charge in [0.25, 0.3) is 0 Å². The molecule has 1 aromatic carbocycles. The normalized spacial score (nSPS) is 9.84. The average Bonchev–Trinajstić information content (AvgIpc) is 2.51. The zero-order valence-electron chi connectivity index (χ0n) is 11.8. The van der Waals surface area contributed by atoms with Crippen molar-refractivity contribution in [3.05, 3.63) is 59.8 Å². The van der Waals surface area contributed by atoms with Crippen LogP contribution in [0.3, 0.4) is 0 Å². The second kappa shape index (κ2) is 8.86. The van der Waals surface area contributed by atoms with E-state index in [4.69, 9.17) is 0 Å². The van der Waals surface area contributed by atoms with Crippen LogP contribution in [0.5, 0.6) is 0 Å². The van der Waals surface area contributed by atoms with Gasteiger partial charge in [0.1, 0.15) is 5.82 Å². The number of nitrogens with one attached hydrogen (secondary N) is 1. The smallest absolute Gasteiger partial charge is 0.146 e. The SMILES string of the molecule is CC.CCc1ccc(N/N=C/c2ccccc2)nc1. The number of pyridine rings is 1. The molecule has 0 bridgehead atoms. The Labute approximate surface area is 115 Å². The maximum Gasteiger partial charge on any atom is 0.146 e. The Bertz CT molecular complexity index is 475. The number of benzene rings is 1. The summed E-state index contributed by atoms with van der Waals surface area (Å²) in [5.41, 5.74) is 5.19. The third-order valence-electron chi connectivity index (χ3n) is 2.43. The van der Waals surface area contributed by atoms with Crippen LogP contribution >= 0.6 is 0 Å². The van der Waals surface area contributed by atoms with Crippen LogP contribution in [-0.2, 0) is 6.42 Å². The zero-order valence-corrected chi connectivity index (χ0v) is 11.8. The van der Waals surface area contributed by atoms with Crippen LogP contribution in [0, 0.1) is 0 Å². The van der Waals surface area contributed by atoms with Crippen molar-refractivity contribution < 1.29 is 0 Å². The Kier molecular flexibility index (Phi) is 6.95. The highest BCUT2D eigenvalue weighted by Gasteiger charge is 1.91. The van der Waals surface area contributed by atoms with Gasteiger partial charge in [0, 0.05) is 6.20 Å². The number of nitrogens with zero attached hydrogens (tertiary/aromatic N) is 2. The number of rotatable bonds is 4. The van der Waals surface area contributed by atoms with E-state index in [0.29, 0.717) is 0 Å². The maximum atomic E-state index is 4.26. The minimum absolute atomic E-state index is 0.759. The van der Waals surface area contributed by atoms with Gasteiger partial charge < -0.3 is 0 Å². The number of hydrazone groups is 1. The summed E-state index contributed by atoms with van der Waals surface area (Å²) in [5.74, 6) is 0.759. The molecule has 0 saturated carbocycles. The van der Waals surface area contributed by atoms with Crippen molar-refractivity contribution in [3.63, 3.8) is 0 Å². The Morgan fingerprint density at radius 3 is 2.42 bits per heavy atom. The van der Waals surface area contributed by atoms with Crippen molar-refractivity contribution in [1.29, 1.82) is 0 Å². The first-order valence-electron chi connectivity index (χ1n) is 6.67. The second-order valence-electron chi connectivity index (χ2n) is 3.69. The first-order valence-corrected chi connectivity index (χ1v) is 6.67. The minimum Gasteiger partial charge on any atom is -0.261 e. The van der Waals surface area contributed by atoms with E-state index in [1.807, 2.05) is 62.5 Å². The summed E-state index contributed by atoms with van der Waals surface area (Å²) in [6.45, 7) is 6.11. The summed E-state index contributed by atoms with van der Waals surface area (Å²) < 4.78 is 0. The zero-order chi connectivity index (χ0) is 13.9. The van der Waals surface area contributed by atoms with Crippen molar-refractivity contribution in [2.75, 3.05) is 5.43 Å². The first-order chi connectivity index (χ1) is 9.38. The number of hydrogen-bond acceptors (Lipinski definition) is 3. The summed E-state index contributed by atoms with van der Waals surface area (Å²) in [7, 11) is 0. The van der Waals surface area contributed by atoms with Gasteiger partial charge in [0.05, 0.1) is 6.21 Å². The van der Waals surface area contributed by atoms with E-state index < -0.39 is 0 Å². The molecule has 1 heterocycles. The number of aryl methyl sites for hydroxylation is 1. The summed E-state index contributed by atoms with van der Waals surface area (Å²) >= 11 is 0. The third kappa shape index (κ3) is 5.34. The topological polar surface area (TPSA) is 37.3 Å². The average molecular weight is 255 g/mol. The van der Waals surface area contributed by atoms with Crippen LogP contribution in [0.15, 0.2) is 53.8 Å². The lowest BCUT2D eigenvalue weighted by Crippen LogP contribution is -1.93. The van der Waals surface area contributed by atoms with Crippen molar-refractivity contribution in [2.24, 2.45) is 5.10 Å². The molecule has 0 aliphatic carbocycles. The quantitative estimate of drug-likeness (QED) is 0.659. The molecule has 2 rings (SSSR count). The van der Waals surface area contributed by atoms with Crippen molar-refractivity contribution in [3.8, 4) is 0 Å². The molecule has 0 spiro atoms. The van der Waals surface area contributed by atoms with Gasteiger partial charge >= 0.3 is 0 Å². The highest BCUT2D eigenvalue weighted by Crippen LogP contribution is 2.05. The largest absolute Gasteiger partial charge is 0.261 e. The van der Waals surface area contributed by atoms with Gasteiger partial charge in [-0.1, -0.05) is 57.2 Å². The van der Waals surface area contributed by atoms with E-state index in [-0.39, 0.29) is 0 Å². The van der Waals surface area contributed by atoms with E-state index >= 15 is 0 Å². The molecule has 0 saturated heterocycles. The van der Waals surface area contributed by atoms with Crippen LogP contribution in [0.4, 0.5) is 5.82 Å². The second-order valence-corrected chi connectivity index (χ2v) is 3.69. The summed E-state index contributed by atoms with van der Waals surface area (Å²) in [5, 5.41) is 4.13. The fraction of sp³-hybridized carbons (Fsp3) is 0.250. The number of anilines is 1. The van der Waals surface area contributed by atoms with Gasteiger partial charge in [-0.25, -0.2) is 4.98 Å². The van der Waals surface area contributed by atoms with Crippen LogP contribution in [0.2, 0.25) is 0 Å². The molecule has 3 nitrogen and oxygen atoms in total. The van der Waals surface area contributed by atoms with Crippen LogP contribution in [0.25, 0.3) is 0 Å². The molecule has 0 radical (unpaired) electrons. The number of aromatic nitrogens is 1. The fourth-order valence-corrected chi connectivity index (χ4v) is 1.41. The maximum absolute atomic E-state index is 4.26. The third-order valence-corrected chi connectivity index (χ3v) is 2.43. The monoisotopic (exact) mass is 255 g/mol. The van der Waals surface area contributed by atoms with Gasteiger partial charge in [-0.15, -0.1) is 0 Å². The Hall–Kier alpha value is -2.16. The van der Waals surface area contributed by atoms with Crippen molar-refractivity contribution in [2.45, 2.75) is 27.2 Å². The standard InChI is InChI=1S/C14H15N3.C2H6/c1-2-12-8-9-14(15-10-12)17-16-11-13-6-4-3-5-7-13;1-2/h3-11H,2H2,1H3,(H,15,17);1-2H3/b16-11+;. The predicted octanol–water partition coefficient (Wildman–Crippen LogP) is 4.12. The van der Waals surface area contributed by atoms with Crippen LogP contribution in [-0.4, -0.2) is 11.2 Å². The molecule has 0 amide bonds. The van der Waals surface area contributed by atoms with E-state index in [1.54, 1.807) is 6.21 Å². The van der Waals surface area contributed by atoms with E-state index in [1.165, 1.54) is 5.56 Å². The molecule has 19 heavy (non-hydrogen) atoms. The van der Waals surface area contributed by atoms with E-state index in [2.05, 4.69) is 22.4 Å². The van der Waals surface area contributed by atoms with Gasteiger partial charge in [0.15, 0.2) is 0 Å². The van der Waals surface area contributed by atoms with E-state index in [9.17, 15) is 0 Å². The lowest BCUT2D eigenvalue weighted by Gasteiger charge is -2.00. The molecule has 0 atom stereocenters. The minimum atomic E-state index is 0.759. The lowest BCUT2D eigenvalue weighted by molar-refractivity contribution is 1.10. The molecule has 0 unspecified atom stereocenters. The molecule has 2 aromatic rings.